The largest absolute Gasteiger partial charge is 0.352 e. The van der Waals surface area contributed by atoms with Crippen molar-refractivity contribution in [3.05, 3.63) is 131 Å². The van der Waals surface area contributed by atoms with Crippen molar-refractivity contribution in [1.82, 2.24) is 10.2 Å². The summed E-state index contributed by atoms with van der Waals surface area (Å²) in [4.78, 5) is 29.3. The fourth-order valence-electron chi connectivity index (χ4n) is 4.75. The highest BCUT2D eigenvalue weighted by Crippen LogP contribution is 2.28. The highest BCUT2D eigenvalue weighted by Gasteiger charge is 2.35. The molecule has 0 aliphatic carbocycles. The van der Waals surface area contributed by atoms with Crippen molar-refractivity contribution in [2.75, 3.05) is 10.8 Å². The molecule has 0 aliphatic heterocycles. The van der Waals surface area contributed by atoms with Crippen molar-refractivity contribution in [3.63, 3.8) is 0 Å². The lowest BCUT2D eigenvalue weighted by Crippen LogP contribution is -2.54. The van der Waals surface area contributed by atoms with Crippen LogP contribution in [0.2, 0.25) is 5.02 Å². The molecule has 4 aromatic rings. The van der Waals surface area contributed by atoms with Gasteiger partial charge in [0.1, 0.15) is 18.4 Å². The van der Waals surface area contributed by atoms with Crippen LogP contribution in [0.25, 0.3) is 0 Å². The van der Waals surface area contributed by atoms with Crippen LogP contribution in [0.3, 0.4) is 0 Å². The van der Waals surface area contributed by atoms with Crippen LogP contribution in [0.1, 0.15) is 30.5 Å². The number of benzene rings is 4. The number of nitrogens with zero attached hydrogens (tertiary/aromatic N) is 2. The molecule has 0 aliphatic rings. The number of carbonyl (C=O) groups is 2. The summed E-state index contributed by atoms with van der Waals surface area (Å²) in [5, 5.41) is 3.28. The number of sulfonamides is 1. The topological polar surface area (TPSA) is 86.8 Å². The molecule has 0 saturated heterocycles. The maximum Gasteiger partial charge on any atom is 0.264 e. The zero-order valence-corrected chi connectivity index (χ0v) is 26.4. The summed E-state index contributed by atoms with van der Waals surface area (Å²) >= 11 is 6.50. The number of aryl methyl sites for hydroxylation is 1. The van der Waals surface area contributed by atoms with E-state index in [9.17, 15) is 18.0 Å². The van der Waals surface area contributed by atoms with Crippen molar-refractivity contribution < 1.29 is 22.4 Å². The average molecular weight is 636 g/mol. The maximum atomic E-state index is 15.2. The van der Waals surface area contributed by atoms with Crippen molar-refractivity contribution >= 4 is 39.1 Å². The van der Waals surface area contributed by atoms with E-state index in [2.05, 4.69) is 5.32 Å². The summed E-state index contributed by atoms with van der Waals surface area (Å²) in [6, 6.07) is 26.3. The van der Waals surface area contributed by atoms with Crippen molar-refractivity contribution in [2.24, 2.45) is 0 Å². The van der Waals surface area contributed by atoms with Gasteiger partial charge in [-0.2, -0.15) is 0 Å². The Bertz CT molecular complexity index is 1700. The quantitative estimate of drug-likeness (QED) is 0.202. The Morgan fingerprint density at radius 1 is 0.864 bits per heavy atom. The second kappa shape index (κ2) is 14.5. The van der Waals surface area contributed by atoms with Gasteiger partial charge in [0.2, 0.25) is 11.8 Å². The summed E-state index contributed by atoms with van der Waals surface area (Å²) in [5.74, 6) is -1.93. The fourth-order valence-corrected chi connectivity index (χ4v) is 6.37. The van der Waals surface area contributed by atoms with Gasteiger partial charge in [0.15, 0.2) is 0 Å². The third-order valence-electron chi connectivity index (χ3n) is 7.01. The van der Waals surface area contributed by atoms with E-state index in [0.29, 0.717) is 10.6 Å². The minimum Gasteiger partial charge on any atom is -0.352 e. The van der Waals surface area contributed by atoms with Crippen LogP contribution < -0.4 is 9.62 Å². The number of hydrogen-bond donors (Lipinski definition) is 1. The van der Waals surface area contributed by atoms with E-state index in [4.69, 9.17) is 11.6 Å². The van der Waals surface area contributed by atoms with Gasteiger partial charge in [-0.3, -0.25) is 13.9 Å². The molecule has 0 heterocycles. The SMILES string of the molecule is Cc1ccc(S(=O)(=O)N(CC(=O)N(Cc2ccccc2Cl)C(Cc2ccccc2)C(=O)NC(C)C)c2ccccc2F)cc1. The monoisotopic (exact) mass is 635 g/mol. The van der Waals surface area contributed by atoms with Gasteiger partial charge < -0.3 is 10.2 Å². The van der Waals surface area contributed by atoms with E-state index in [1.807, 2.05) is 51.1 Å². The third kappa shape index (κ3) is 8.03. The molecule has 0 fully saturated rings. The molecular weight excluding hydrogens is 601 g/mol. The Morgan fingerprint density at radius 2 is 1.48 bits per heavy atom. The Kier molecular flexibility index (Phi) is 10.8. The molecule has 230 valence electrons. The van der Waals surface area contributed by atoms with Gasteiger partial charge in [0.25, 0.3) is 10.0 Å². The van der Waals surface area contributed by atoms with Crippen LogP contribution in [0, 0.1) is 12.7 Å². The van der Waals surface area contributed by atoms with E-state index in [-0.39, 0.29) is 29.6 Å². The predicted octanol–water partition coefficient (Wildman–Crippen LogP) is 6.15. The summed E-state index contributed by atoms with van der Waals surface area (Å²) in [5.41, 5.74) is 1.91. The van der Waals surface area contributed by atoms with E-state index in [1.165, 1.54) is 35.2 Å². The lowest BCUT2D eigenvalue weighted by Gasteiger charge is -2.34. The van der Waals surface area contributed by atoms with E-state index >= 15 is 4.39 Å². The number of rotatable bonds is 12. The molecule has 0 spiro atoms. The standard InChI is InChI=1S/C34H35ClFN3O4S/c1-24(2)37-34(41)32(21-26-11-5-4-6-12-26)38(22-27-13-7-8-14-29(27)35)33(40)23-39(31-16-10-9-15-30(31)36)44(42,43)28-19-17-25(3)18-20-28/h4-20,24,32H,21-23H2,1-3H3,(H,37,41). The number of anilines is 1. The summed E-state index contributed by atoms with van der Waals surface area (Å²) < 4.78 is 44.0. The van der Waals surface area contributed by atoms with Crippen molar-refractivity contribution in [2.45, 2.75) is 50.7 Å². The van der Waals surface area contributed by atoms with Crippen LogP contribution in [0.4, 0.5) is 10.1 Å². The Labute approximate surface area is 263 Å². The molecule has 0 radical (unpaired) electrons. The molecule has 1 N–H and O–H groups in total. The molecular formula is C34H35ClFN3O4S. The molecule has 4 aromatic carbocycles. The number of nitrogens with one attached hydrogen (secondary N) is 1. The molecule has 2 amide bonds. The molecule has 44 heavy (non-hydrogen) atoms. The number of halogens is 2. The minimum absolute atomic E-state index is 0.0861. The van der Waals surface area contributed by atoms with Crippen LogP contribution in [-0.4, -0.2) is 43.8 Å². The van der Waals surface area contributed by atoms with Crippen LogP contribution >= 0.6 is 11.6 Å². The van der Waals surface area contributed by atoms with Crippen molar-refractivity contribution in [1.29, 1.82) is 0 Å². The van der Waals surface area contributed by atoms with Gasteiger partial charge in [-0.05, 0) is 62.2 Å². The highest BCUT2D eigenvalue weighted by atomic mass is 35.5. The molecule has 0 saturated carbocycles. The second-order valence-electron chi connectivity index (χ2n) is 10.8. The summed E-state index contributed by atoms with van der Waals surface area (Å²) in [6.45, 7) is 4.59. The number of para-hydroxylation sites is 1. The summed E-state index contributed by atoms with van der Waals surface area (Å²) in [6.07, 6.45) is 0.153. The number of carbonyl (C=O) groups excluding carboxylic acids is 2. The lowest BCUT2D eigenvalue weighted by molar-refractivity contribution is -0.140. The first-order valence-corrected chi connectivity index (χ1v) is 16.0. The zero-order chi connectivity index (χ0) is 31.9. The highest BCUT2D eigenvalue weighted by molar-refractivity contribution is 7.92. The predicted molar refractivity (Wildman–Crippen MR) is 171 cm³/mol. The van der Waals surface area contributed by atoms with Gasteiger partial charge >= 0.3 is 0 Å². The van der Waals surface area contributed by atoms with E-state index in [1.54, 1.807) is 36.4 Å². The van der Waals surface area contributed by atoms with Gasteiger partial charge in [-0.1, -0.05) is 90.0 Å². The Morgan fingerprint density at radius 3 is 2.11 bits per heavy atom. The van der Waals surface area contributed by atoms with Crippen LogP contribution in [-0.2, 0) is 32.6 Å². The number of amides is 2. The molecule has 1 unspecified atom stereocenters. The van der Waals surface area contributed by atoms with Gasteiger partial charge in [-0.25, -0.2) is 12.8 Å². The van der Waals surface area contributed by atoms with Crippen LogP contribution in [0.15, 0.2) is 108 Å². The molecule has 1 atom stereocenters. The first-order chi connectivity index (χ1) is 21.0. The molecule has 10 heteroatoms. The molecule has 0 aromatic heterocycles. The van der Waals surface area contributed by atoms with E-state index < -0.39 is 40.2 Å². The Balaban J connectivity index is 1.82. The smallest absolute Gasteiger partial charge is 0.264 e. The van der Waals surface area contributed by atoms with Crippen molar-refractivity contribution in [3.8, 4) is 0 Å². The number of hydrogen-bond acceptors (Lipinski definition) is 4. The molecule has 4 rings (SSSR count). The lowest BCUT2D eigenvalue weighted by atomic mass is 10.0. The van der Waals surface area contributed by atoms with Gasteiger partial charge in [-0.15, -0.1) is 0 Å². The van der Waals surface area contributed by atoms with E-state index in [0.717, 1.165) is 21.5 Å². The third-order valence-corrected chi connectivity index (χ3v) is 9.15. The average Bonchev–Trinajstić information content (AvgIpc) is 2.99. The summed E-state index contributed by atoms with van der Waals surface area (Å²) in [7, 11) is -4.41. The van der Waals surface area contributed by atoms with Gasteiger partial charge in [0, 0.05) is 24.0 Å². The first kappa shape index (κ1) is 32.7. The van der Waals surface area contributed by atoms with Gasteiger partial charge in [0.05, 0.1) is 10.6 Å². The first-order valence-electron chi connectivity index (χ1n) is 14.2. The minimum atomic E-state index is -4.41. The fraction of sp³-hybridized carbons (Fsp3) is 0.235. The van der Waals surface area contributed by atoms with Crippen LogP contribution in [0.5, 0.6) is 0 Å². The zero-order valence-electron chi connectivity index (χ0n) is 24.8. The normalized spacial score (nSPS) is 12.0. The maximum absolute atomic E-state index is 15.2. The molecule has 0 bridgehead atoms. The second-order valence-corrected chi connectivity index (χ2v) is 13.0. The Hall–Kier alpha value is -4.21. The molecule has 7 nitrogen and oxygen atoms in total.